The summed E-state index contributed by atoms with van der Waals surface area (Å²) >= 11 is 0. The van der Waals surface area contributed by atoms with Crippen LogP contribution in [0.4, 0.5) is 11.4 Å². The van der Waals surface area contributed by atoms with E-state index in [0.29, 0.717) is 11.3 Å². The van der Waals surface area contributed by atoms with Crippen molar-refractivity contribution in [2.24, 2.45) is 5.92 Å². The number of rotatable bonds is 5. The predicted molar refractivity (Wildman–Crippen MR) is 79.4 cm³/mol. The Bertz CT molecular complexity index is 594. The van der Waals surface area contributed by atoms with Crippen molar-refractivity contribution in [3.63, 3.8) is 0 Å². The van der Waals surface area contributed by atoms with Crippen molar-refractivity contribution >= 4 is 23.3 Å². The fourth-order valence-corrected chi connectivity index (χ4v) is 2.50. The molecule has 0 atom stereocenters. The lowest BCUT2D eigenvalue weighted by molar-refractivity contribution is -0.384. The number of ether oxygens (including phenoxy) is 1. The lowest BCUT2D eigenvalue weighted by Gasteiger charge is -2.11. The lowest BCUT2D eigenvalue weighted by atomic mass is 10.1. The Morgan fingerprint density at radius 3 is 2.64 bits per heavy atom. The number of nitrogens with one attached hydrogen (secondary N) is 1. The van der Waals surface area contributed by atoms with Gasteiger partial charge in [-0.2, -0.15) is 0 Å². The summed E-state index contributed by atoms with van der Waals surface area (Å²) in [6.45, 7) is 1.32. The molecule has 0 saturated heterocycles. The van der Waals surface area contributed by atoms with Crippen molar-refractivity contribution in [3.8, 4) is 0 Å². The Morgan fingerprint density at radius 2 is 2.05 bits per heavy atom. The van der Waals surface area contributed by atoms with Gasteiger partial charge in [-0.1, -0.05) is 12.8 Å². The number of anilines is 1. The average molecular weight is 306 g/mol. The number of non-ortho nitro benzene ring substituents is 1. The molecule has 1 aliphatic carbocycles. The largest absolute Gasteiger partial charge is 0.455 e. The van der Waals surface area contributed by atoms with Gasteiger partial charge in [-0.15, -0.1) is 0 Å². The third-order valence-electron chi connectivity index (χ3n) is 3.73. The molecule has 7 nitrogen and oxygen atoms in total. The molecule has 2 rings (SSSR count). The molecule has 1 aromatic rings. The van der Waals surface area contributed by atoms with Crippen molar-refractivity contribution in [1.82, 2.24) is 0 Å². The fraction of sp³-hybridized carbons (Fsp3) is 0.467. The molecule has 0 unspecified atom stereocenters. The molecule has 118 valence electrons. The number of carbonyl (C=O) groups is 2. The van der Waals surface area contributed by atoms with E-state index in [-0.39, 0.29) is 24.2 Å². The van der Waals surface area contributed by atoms with Crippen LogP contribution in [0.25, 0.3) is 0 Å². The van der Waals surface area contributed by atoms with Crippen LogP contribution in [0.1, 0.15) is 31.2 Å². The number of aryl methyl sites for hydroxylation is 1. The second kappa shape index (κ2) is 7.02. The number of amides is 1. The Balaban J connectivity index is 1.86. The van der Waals surface area contributed by atoms with Crippen molar-refractivity contribution in [1.29, 1.82) is 0 Å². The van der Waals surface area contributed by atoms with Gasteiger partial charge in [0.15, 0.2) is 6.61 Å². The molecule has 22 heavy (non-hydrogen) atoms. The Kier molecular flexibility index (Phi) is 5.08. The minimum absolute atomic E-state index is 0.0387. The lowest BCUT2D eigenvalue weighted by Crippen LogP contribution is -2.24. The van der Waals surface area contributed by atoms with Crippen LogP contribution in [0, 0.1) is 23.0 Å². The zero-order valence-electron chi connectivity index (χ0n) is 12.3. The first kappa shape index (κ1) is 15.9. The van der Waals surface area contributed by atoms with Gasteiger partial charge in [0.25, 0.3) is 11.6 Å². The van der Waals surface area contributed by atoms with E-state index in [0.717, 1.165) is 25.7 Å². The van der Waals surface area contributed by atoms with Gasteiger partial charge in [0.1, 0.15) is 0 Å². The summed E-state index contributed by atoms with van der Waals surface area (Å²) in [5.41, 5.74) is 1.00. The summed E-state index contributed by atoms with van der Waals surface area (Å²) < 4.78 is 5.00. The maximum absolute atomic E-state index is 11.8. The van der Waals surface area contributed by atoms with Gasteiger partial charge in [-0.25, -0.2) is 0 Å². The standard InChI is InChI=1S/C15H18N2O5/c1-10-8-12(17(20)21)6-7-13(10)16-14(18)9-22-15(19)11-4-2-3-5-11/h6-8,11H,2-5,9H2,1H3,(H,16,18). The van der Waals surface area contributed by atoms with E-state index >= 15 is 0 Å². The first-order valence-electron chi connectivity index (χ1n) is 7.19. The molecule has 7 heteroatoms. The second-order valence-electron chi connectivity index (χ2n) is 5.39. The molecular formula is C15H18N2O5. The highest BCUT2D eigenvalue weighted by Gasteiger charge is 2.24. The smallest absolute Gasteiger partial charge is 0.309 e. The average Bonchev–Trinajstić information content (AvgIpc) is 3.01. The fourth-order valence-electron chi connectivity index (χ4n) is 2.50. The Morgan fingerprint density at radius 1 is 1.36 bits per heavy atom. The van der Waals surface area contributed by atoms with Gasteiger partial charge >= 0.3 is 5.97 Å². The van der Waals surface area contributed by atoms with Gasteiger partial charge in [0.05, 0.1) is 10.8 Å². The van der Waals surface area contributed by atoms with E-state index < -0.39 is 10.8 Å². The van der Waals surface area contributed by atoms with Crippen molar-refractivity contribution < 1.29 is 19.2 Å². The molecule has 0 spiro atoms. The van der Waals surface area contributed by atoms with E-state index in [9.17, 15) is 19.7 Å². The molecule has 1 amide bonds. The van der Waals surface area contributed by atoms with Crippen LogP contribution < -0.4 is 5.32 Å². The second-order valence-corrected chi connectivity index (χ2v) is 5.39. The Labute approximate surface area is 127 Å². The molecule has 0 heterocycles. The topological polar surface area (TPSA) is 98.5 Å². The van der Waals surface area contributed by atoms with Crippen LogP contribution >= 0.6 is 0 Å². The van der Waals surface area contributed by atoms with Crippen LogP contribution in [-0.4, -0.2) is 23.4 Å². The van der Waals surface area contributed by atoms with Crippen LogP contribution in [0.3, 0.4) is 0 Å². The summed E-state index contributed by atoms with van der Waals surface area (Å²) in [4.78, 5) is 33.6. The van der Waals surface area contributed by atoms with Gasteiger partial charge in [0, 0.05) is 17.8 Å². The van der Waals surface area contributed by atoms with Crippen molar-refractivity contribution in [2.75, 3.05) is 11.9 Å². The van der Waals surface area contributed by atoms with Crippen molar-refractivity contribution in [2.45, 2.75) is 32.6 Å². The van der Waals surface area contributed by atoms with Crippen LogP contribution in [-0.2, 0) is 14.3 Å². The van der Waals surface area contributed by atoms with E-state index in [1.807, 2.05) is 0 Å². The quantitative estimate of drug-likeness (QED) is 0.512. The summed E-state index contributed by atoms with van der Waals surface area (Å²) in [6, 6.07) is 4.15. The molecule has 0 aromatic heterocycles. The van der Waals surface area contributed by atoms with Crippen LogP contribution in [0.2, 0.25) is 0 Å². The van der Waals surface area contributed by atoms with E-state index in [1.165, 1.54) is 18.2 Å². The molecule has 1 aromatic carbocycles. The number of esters is 1. The van der Waals surface area contributed by atoms with Crippen LogP contribution in [0.15, 0.2) is 18.2 Å². The maximum Gasteiger partial charge on any atom is 0.309 e. The number of benzene rings is 1. The number of nitro groups is 1. The summed E-state index contributed by atoms with van der Waals surface area (Å²) in [6.07, 6.45) is 3.69. The maximum atomic E-state index is 11.8. The van der Waals surface area contributed by atoms with E-state index in [4.69, 9.17) is 4.74 Å². The summed E-state index contributed by atoms with van der Waals surface area (Å²) in [7, 11) is 0. The zero-order chi connectivity index (χ0) is 16.1. The number of hydrogen-bond acceptors (Lipinski definition) is 5. The van der Waals surface area contributed by atoms with E-state index in [2.05, 4.69) is 5.32 Å². The highest BCUT2D eigenvalue weighted by atomic mass is 16.6. The molecule has 0 radical (unpaired) electrons. The molecule has 1 N–H and O–H groups in total. The molecule has 0 aliphatic heterocycles. The number of nitro benzene ring substituents is 1. The molecule has 1 saturated carbocycles. The highest BCUT2D eigenvalue weighted by Crippen LogP contribution is 2.25. The van der Waals surface area contributed by atoms with Gasteiger partial charge in [0.2, 0.25) is 0 Å². The van der Waals surface area contributed by atoms with Gasteiger partial charge in [-0.3, -0.25) is 19.7 Å². The minimum atomic E-state index is -0.498. The van der Waals surface area contributed by atoms with Gasteiger partial charge in [-0.05, 0) is 31.4 Å². The SMILES string of the molecule is Cc1cc([N+](=O)[O-])ccc1NC(=O)COC(=O)C1CCCC1. The normalized spacial score (nSPS) is 14.6. The van der Waals surface area contributed by atoms with E-state index in [1.54, 1.807) is 6.92 Å². The third-order valence-corrected chi connectivity index (χ3v) is 3.73. The minimum Gasteiger partial charge on any atom is -0.455 e. The number of carbonyl (C=O) groups excluding carboxylic acids is 2. The monoisotopic (exact) mass is 306 g/mol. The molecule has 1 aliphatic rings. The van der Waals surface area contributed by atoms with Gasteiger partial charge < -0.3 is 10.1 Å². The highest BCUT2D eigenvalue weighted by molar-refractivity contribution is 5.93. The first-order valence-corrected chi connectivity index (χ1v) is 7.19. The summed E-state index contributed by atoms with van der Waals surface area (Å²) in [5, 5.41) is 13.2. The zero-order valence-corrected chi connectivity index (χ0v) is 12.3. The molecular weight excluding hydrogens is 288 g/mol. The van der Waals surface area contributed by atoms with Crippen LogP contribution in [0.5, 0.6) is 0 Å². The number of nitrogens with zero attached hydrogens (tertiary/aromatic N) is 1. The third kappa shape index (κ3) is 4.03. The number of hydrogen-bond donors (Lipinski definition) is 1. The van der Waals surface area contributed by atoms with Crippen molar-refractivity contribution in [3.05, 3.63) is 33.9 Å². The molecule has 0 bridgehead atoms. The summed E-state index contributed by atoms with van der Waals surface area (Å²) in [5.74, 6) is -0.870. The first-order chi connectivity index (χ1) is 10.5. The Hall–Kier alpha value is -2.44. The predicted octanol–water partition coefficient (Wildman–Crippen LogP) is 2.58. The molecule has 1 fully saturated rings.